The monoisotopic (exact) mass is 270 g/mol. The first kappa shape index (κ1) is 18.9. The van der Waals surface area contributed by atoms with Crippen LogP contribution in [-0.2, 0) is 0 Å². The quantitative estimate of drug-likeness (QED) is 0.677. The zero-order valence-electron chi connectivity index (χ0n) is 14.7. The average molecular weight is 271 g/mol. The van der Waals surface area contributed by atoms with Crippen LogP contribution in [0.5, 0.6) is 0 Å². The topological polar surface area (TPSA) is 15.3 Å². The molecule has 0 spiro atoms. The Bertz CT molecular complexity index is 204. The summed E-state index contributed by atoms with van der Waals surface area (Å²) >= 11 is 0. The summed E-state index contributed by atoms with van der Waals surface area (Å²) in [6, 6.07) is 0.622. The predicted molar refractivity (Wildman–Crippen MR) is 87.7 cm³/mol. The van der Waals surface area contributed by atoms with Crippen molar-refractivity contribution in [3.63, 3.8) is 0 Å². The number of hydrogen-bond donors (Lipinski definition) is 1. The van der Waals surface area contributed by atoms with Crippen LogP contribution in [0.15, 0.2) is 0 Å². The summed E-state index contributed by atoms with van der Waals surface area (Å²) in [6.07, 6.45) is 2.61. The summed E-state index contributed by atoms with van der Waals surface area (Å²) in [4.78, 5) is 2.67. The second kappa shape index (κ2) is 8.97. The van der Waals surface area contributed by atoms with Gasteiger partial charge in [-0.2, -0.15) is 0 Å². The lowest BCUT2D eigenvalue weighted by Crippen LogP contribution is -2.47. The van der Waals surface area contributed by atoms with E-state index in [0.29, 0.717) is 6.04 Å². The fraction of sp³-hybridized carbons (Fsp3) is 1.00. The Morgan fingerprint density at radius 1 is 0.842 bits per heavy atom. The summed E-state index contributed by atoms with van der Waals surface area (Å²) in [5, 5.41) is 3.64. The van der Waals surface area contributed by atoms with Gasteiger partial charge >= 0.3 is 0 Å². The molecule has 19 heavy (non-hydrogen) atoms. The van der Waals surface area contributed by atoms with E-state index in [1.807, 2.05) is 0 Å². The van der Waals surface area contributed by atoms with E-state index in [-0.39, 0.29) is 5.54 Å². The predicted octanol–water partition coefficient (Wildman–Crippen LogP) is 4.16. The minimum absolute atomic E-state index is 0.218. The molecule has 0 rings (SSSR count). The standard InChI is InChI=1S/C17H38N2/c1-14(2)9-11-19(12-10-15(3)4)16(5)13-18-17(6,7)8/h14-16,18H,9-13H2,1-8H3. The van der Waals surface area contributed by atoms with Crippen LogP contribution in [0.1, 0.15) is 68.2 Å². The fourth-order valence-electron chi connectivity index (χ4n) is 1.98. The zero-order valence-corrected chi connectivity index (χ0v) is 14.7. The van der Waals surface area contributed by atoms with Crippen molar-refractivity contribution in [2.45, 2.75) is 79.8 Å². The highest BCUT2D eigenvalue weighted by molar-refractivity contribution is 4.77. The molecule has 0 aromatic heterocycles. The maximum Gasteiger partial charge on any atom is 0.0192 e. The summed E-state index contributed by atoms with van der Waals surface area (Å²) in [7, 11) is 0. The van der Waals surface area contributed by atoms with E-state index in [2.05, 4.69) is 65.6 Å². The lowest BCUT2D eigenvalue weighted by molar-refractivity contribution is 0.176. The highest BCUT2D eigenvalue weighted by Gasteiger charge is 2.17. The van der Waals surface area contributed by atoms with Crippen molar-refractivity contribution in [3.8, 4) is 0 Å². The van der Waals surface area contributed by atoms with E-state index in [4.69, 9.17) is 0 Å². The van der Waals surface area contributed by atoms with Crippen molar-refractivity contribution < 1.29 is 0 Å². The fourth-order valence-corrected chi connectivity index (χ4v) is 1.98. The highest BCUT2D eigenvalue weighted by atomic mass is 15.2. The molecule has 2 heteroatoms. The van der Waals surface area contributed by atoms with E-state index in [0.717, 1.165) is 18.4 Å². The normalized spacial score (nSPS) is 14.7. The molecule has 1 atom stereocenters. The molecule has 2 nitrogen and oxygen atoms in total. The van der Waals surface area contributed by atoms with Crippen molar-refractivity contribution in [2.24, 2.45) is 11.8 Å². The molecule has 0 aromatic carbocycles. The minimum Gasteiger partial charge on any atom is -0.311 e. The van der Waals surface area contributed by atoms with Gasteiger partial charge in [-0.25, -0.2) is 0 Å². The van der Waals surface area contributed by atoms with E-state index < -0.39 is 0 Å². The Morgan fingerprint density at radius 2 is 1.26 bits per heavy atom. The largest absolute Gasteiger partial charge is 0.311 e. The summed E-state index contributed by atoms with van der Waals surface area (Å²) in [5.74, 6) is 1.59. The Morgan fingerprint density at radius 3 is 1.58 bits per heavy atom. The third kappa shape index (κ3) is 11.4. The van der Waals surface area contributed by atoms with E-state index in [1.54, 1.807) is 0 Å². The van der Waals surface area contributed by atoms with Crippen LogP contribution in [0.4, 0.5) is 0 Å². The molecule has 0 fully saturated rings. The maximum atomic E-state index is 3.64. The average Bonchev–Trinajstić information content (AvgIpc) is 2.24. The van der Waals surface area contributed by atoms with Gasteiger partial charge in [0.05, 0.1) is 0 Å². The van der Waals surface area contributed by atoms with Crippen molar-refractivity contribution in [1.82, 2.24) is 10.2 Å². The second-order valence-electron chi connectivity index (χ2n) is 7.88. The van der Waals surface area contributed by atoms with Crippen LogP contribution >= 0.6 is 0 Å². The molecule has 0 bridgehead atoms. The second-order valence-corrected chi connectivity index (χ2v) is 7.88. The van der Waals surface area contributed by atoms with Crippen molar-refractivity contribution >= 4 is 0 Å². The SMILES string of the molecule is CC(C)CCN(CCC(C)C)C(C)CNC(C)(C)C. The molecular weight excluding hydrogens is 232 g/mol. The van der Waals surface area contributed by atoms with Crippen LogP contribution < -0.4 is 5.32 Å². The van der Waals surface area contributed by atoms with Crippen molar-refractivity contribution in [1.29, 1.82) is 0 Å². The number of nitrogens with zero attached hydrogens (tertiary/aromatic N) is 1. The Balaban J connectivity index is 4.27. The number of nitrogens with one attached hydrogen (secondary N) is 1. The van der Waals surface area contributed by atoms with Crippen LogP contribution in [0, 0.1) is 11.8 Å². The molecule has 0 radical (unpaired) electrons. The molecule has 0 aromatic rings. The molecule has 0 aliphatic carbocycles. The maximum absolute atomic E-state index is 3.64. The molecule has 116 valence electrons. The van der Waals surface area contributed by atoms with Crippen molar-refractivity contribution in [2.75, 3.05) is 19.6 Å². The van der Waals surface area contributed by atoms with Crippen LogP contribution in [0.2, 0.25) is 0 Å². The molecule has 0 amide bonds. The van der Waals surface area contributed by atoms with Crippen LogP contribution in [0.3, 0.4) is 0 Å². The Kier molecular flexibility index (Phi) is 8.93. The van der Waals surface area contributed by atoms with Gasteiger partial charge in [-0.1, -0.05) is 27.7 Å². The van der Waals surface area contributed by atoms with Crippen LogP contribution in [0.25, 0.3) is 0 Å². The van der Waals surface area contributed by atoms with Gasteiger partial charge in [0.25, 0.3) is 0 Å². The summed E-state index contributed by atoms with van der Waals surface area (Å²) in [5.41, 5.74) is 0.218. The van der Waals surface area contributed by atoms with Gasteiger partial charge in [-0.05, 0) is 65.5 Å². The van der Waals surface area contributed by atoms with Gasteiger partial charge in [0.15, 0.2) is 0 Å². The van der Waals surface area contributed by atoms with Gasteiger partial charge in [-0.3, -0.25) is 4.90 Å². The van der Waals surface area contributed by atoms with Gasteiger partial charge in [0.2, 0.25) is 0 Å². The smallest absolute Gasteiger partial charge is 0.0192 e. The minimum atomic E-state index is 0.218. The molecule has 0 aliphatic rings. The van der Waals surface area contributed by atoms with Gasteiger partial charge in [0.1, 0.15) is 0 Å². The van der Waals surface area contributed by atoms with Gasteiger partial charge in [0, 0.05) is 18.1 Å². The summed E-state index contributed by atoms with van der Waals surface area (Å²) < 4.78 is 0. The van der Waals surface area contributed by atoms with E-state index in [9.17, 15) is 0 Å². The summed E-state index contributed by atoms with van der Waals surface area (Å²) in [6.45, 7) is 21.9. The van der Waals surface area contributed by atoms with Gasteiger partial charge in [-0.15, -0.1) is 0 Å². The van der Waals surface area contributed by atoms with Crippen molar-refractivity contribution in [3.05, 3.63) is 0 Å². The van der Waals surface area contributed by atoms with Gasteiger partial charge < -0.3 is 5.32 Å². The Hall–Kier alpha value is -0.0800. The number of hydrogen-bond acceptors (Lipinski definition) is 2. The number of rotatable bonds is 9. The lowest BCUT2D eigenvalue weighted by Gasteiger charge is -2.33. The van der Waals surface area contributed by atoms with E-state index >= 15 is 0 Å². The molecule has 1 unspecified atom stereocenters. The Labute approximate surface area is 122 Å². The third-order valence-corrected chi connectivity index (χ3v) is 3.54. The van der Waals surface area contributed by atoms with Crippen LogP contribution in [-0.4, -0.2) is 36.1 Å². The third-order valence-electron chi connectivity index (χ3n) is 3.54. The first-order chi connectivity index (χ1) is 8.61. The zero-order chi connectivity index (χ0) is 15.1. The molecule has 1 N–H and O–H groups in total. The lowest BCUT2D eigenvalue weighted by atomic mass is 10.1. The molecule has 0 saturated heterocycles. The molecular formula is C17H38N2. The molecule has 0 saturated carbocycles. The first-order valence-electron chi connectivity index (χ1n) is 8.11. The molecule has 0 heterocycles. The first-order valence-corrected chi connectivity index (χ1v) is 8.11. The van der Waals surface area contributed by atoms with E-state index in [1.165, 1.54) is 25.9 Å². The highest BCUT2D eigenvalue weighted by Crippen LogP contribution is 2.10. The molecule has 0 aliphatic heterocycles.